The predicted octanol–water partition coefficient (Wildman–Crippen LogP) is 7.32. The first kappa shape index (κ1) is 26.1. The van der Waals surface area contributed by atoms with E-state index in [1.54, 1.807) is 12.1 Å². The number of carbonyl (C=O) groups is 1. The van der Waals surface area contributed by atoms with Crippen LogP contribution in [0.3, 0.4) is 0 Å². The van der Waals surface area contributed by atoms with Gasteiger partial charge in [0.1, 0.15) is 34.8 Å². The van der Waals surface area contributed by atoms with Crippen LogP contribution in [0.15, 0.2) is 12.1 Å². The number of nitriles is 2. The molecule has 2 aliphatic rings. The van der Waals surface area contributed by atoms with E-state index in [9.17, 15) is 15.3 Å². The second-order valence-corrected chi connectivity index (χ2v) is 10.2. The number of rotatable bonds is 10. The van der Waals surface area contributed by atoms with Gasteiger partial charge in [-0.25, -0.2) is 0 Å². The maximum Gasteiger partial charge on any atom is 0.314 e. The van der Waals surface area contributed by atoms with E-state index >= 15 is 0 Å². The largest absolute Gasteiger partial charge is 0.492 e. The third-order valence-electron chi connectivity index (χ3n) is 7.93. The molecule has 2 fully saturated rings. The highest BCUT2D eigenvalue weighted by molar-refractivity contribution is 5.77. The van der Waals surface area contributed by atoms with E-state index in [1.165, 1.54) is 38.5 Å². The van der Waals surface area contributed by atoms with Crippen molar-refractivity contribution in [2.24, 2.45) is 23.7 Å². The SMILES string of the molecule is CCCCCOc1ccc(OC(=O)C2CCC(C3CCC(CCC)CC3)CC2)c(C#N)c1C#N. The van der Waals surface area contributed by atoms with Gasteiger partial charge in [-0.1, -0.05) is 52.4 Å². The van der Waals surface area contributed by atoms with Crippen molar-refractivity contribution in [2.75, 3.05) is 6.61 Å². The molecule has 184 valence electrons. The molecule has 0 spiro atoms. The first-order valence-corrected chi connectivity index (χ1v) is 13.4. The summed E-state index contributed by atoms with van der Waals surface area (Å²) in [5, 5.41) is 19.3. The summed E-state index contributed by atoms with van der Waals surface area (Å²) in [4.78, 5) is 12.9. The quantitative estimate of drug-likeness (QED) is 0.206. The van der Waals surface area contributed by atoms with Crippen molar-refractivity contribution in [2.45, 2.75) is 97.3 Å². The Morgan fingerprint density at radius 1 is 0.853 bits per heavy atom. The number of benzene rings is 1. The molecule has 3 rings (SSSR count). The molecule has 0 bridgehead atoms. The zero-order valence-electron chi connectivity index (χ0n) is 21.0. The van der Waals surface area contributed by atoms with Crippen LogP contribution < -0.4 is 9.47 Å². The minimum atomic E-state index is -0.276. The van der Waals surface area contributed by atoms with Gasteiger partial charge in [-0.05, 0) is 74.8 Å². The fraction of sp³-hybridized carbons (Fsp3) is 0.690. The molecule has 0 saturated heterocycles. The molecule has 0 heterocycles. The van der Waals surface area contributed by atoms with Crippen LogP contribution in [0.25, 0.3) is 0 Å². The fourth-order valence-corrected chi connectivity index (χ4v) is 5.90. The molecule has 2 saturated carbocycles. The molecular weight excluding hydrogens is 424 g/mol. The van der Waals surface area contributed by atoms with Gasteiger partial charge < -0.3 is 9.47 Å². The van der Waals surface area contributed by atoms with Gasteiger partial charge in [-0.3, -0.25) is 4.79 Å². The van der Waals surface area contributed by atoms with Gasteiger partial charge in [0.15, 0.2) is 0 Å². The summed E-state index contributed by atoms with van der Waals surface area (Å²) in [6.07, 6.45) is 15.0. The third kappa shape index (κ3) is 6.75. The average Bonchev–Trinajstić information content (AvgIpc) is 2.87. The highest BCUT2D eigenvalue weighted by Crippen LogP contribution is 2.42. The number of esters is 1. The van der Waals surface area contributed by atoms with Crippen LogP contribution in [0, 0.1) is 46.3 Å². The fourth-order valence-electron chi connectivity index (χ4n) is 5.90. The van der Waals surface area contributed by atoms with Crippen LogP contribution in [0.5, 0.6) is 11.5 Å². The molecule has 1 aromatic rings. The molecule has 34 heavy (non-hydrogen) atoms. The minimum absolute atomic E-state index is 0.0846. The van der Waals surface area contributed by atoms with Gasteiger partial charge in [0.05, 0.1) is 12.5 Å². The van der Waals surface area contributed by atoms with Gasteiger partial charge in [-0.2, -0.15) is 10.5 Å². The molecule has 0 radical (unpaired) electrons. The Morgan fingerprint density at radius 3 is 2.03 bits per heavy atom. The van der Waals surface area contributed by atoms with E-state index in [2.05, 4.69) is 19.9 Å². The number of nitrogens with zero attached hydrogens (tertiary/aromatic N) is 2. The third-order valence-corrected chi connectivity index (χ3v) is 7.93. The maximum atomic E-state index is 12.9. The van der Waals surface area contributed by atoms with Crippen LogP contribution in [0.1, 0.15) is 108 Å². The molecule has 0 aromatic heterocycles. The summed E-state index contributed by atoms with van der Waals surface area (Å²) in [5.74, 6) is 2.62. The van der Waals surface area contributed by atoms with Gasteiger partial charge in [-0.15, -0.1) is 0 Å². The molecule has 5 heteroatoms. The molecule has 0 N–H and O–H groups in total. The lowest BCUT2D eigenvalue weighted by atomic mass is 9.69. The zero-order chi connectivity index (χ0) is 24.3. The average molecular weight is 465 g/mol. The summed E-state index contributed by atoms with van der Waals surface area (Å²) < 4.78 is 11.4. The van der Waals surface area contributed by atoms with Gasteiger partial charge >= 0.3 is 5.97 Å². The van der Waals surface area contributed by atoms with Crippen molar-refractivity contribution in [3.05, 3.63) is 23.3 Å². The predicted molar refractivity (Wildman–Crippen MR) is 132 cm³/mol. The van der Waals surface area contributed by atoms with E-state index in [0.717, 1.165) is 62.7 Å². The summed E-state index contributed by atoms with van der Waals surface area (Å²) in [7, 11) is 0. The van der Waals surface area contributed by atoms with E-state index in [0.29, 0.717) is 12.4 Å². The van der Waals surface area contributed by atoms with Crippen LogP contribution in [0.4, 0.5) is 0 Å². The highest BCUT2D eigenvalue weighted by Gasteiger charge is 2.34. The number of hydrogen-bond acceptors (Lipinski definition) is 5. The van der Waals surface area contributed by atoms with Crippen LogP contribution in [0.2, 0.25) is 0 Å². The van der Waals surface area contributed by atoms with Gasteiger partial charge in [0.25, 0.3) is 0 Å². The number of unbranched alkanes of at least 4 members (excludes halogenated alkanes) is 2. The molecular formula is C29H40N2O3. The Labute approximate surface area is 205 Å². The van der Waals surface area contributed by atoms with Crippen molar-refractivity contribution < 1.29 is 14.3 Å². The maximum absolute atomic E-state index is 12.9. The smallest absolute Gasteiger partial charge is 0.314 e. The summed E-state index contributed by atoms with van der Waals surface area (Å²) >= 11 is 0. The van der Waals surface area contributed by atoms with Crippen molar-refractivity contribution in [1.29, 1.82) is 10.5 Å². The van der Waals surface area contributed by atoms with E-state index in [-0.39, 0.29) is 28.8 Å². The molecule has 5 nitrogen and oxygen atoms in total. The minimum Gasteiger partial charge on any atom is -0.492 e. The monoisotopic (exact) mass is 464 g/mol. The lowest BCUT2D eigenvalue weighted by molar-refractivity contribution is -0.140. The summed E-state index contributed by atoms with van der Waals surface area (Å²) in [5.41, 5.74) is 0.230. The van der Waals surface area contributed by atoms with Gasteiger partial charge in [0.2, 0.25) is 0 Å². The summed E-state index contributed by atoms with van der Waals surface area (Å²) in [6.45, 7) is 4.89. The van der Waals surface area contributed by atoms with Crippen molar-refractivity contribution in [3.63, 3.8) is 0 Å². The van der Waals surface area contributed by atoms with Gasteiger partial charge in [0, 0.05) is 0 Å². The number of ether oxygens (including phenoxy) is 2. The van der Waals surface area contributed by atoms with Crippen LogP contribution in [-0.4, -0.2) is 12.6 Å². The Balaban J connectivity index is 1.55. The molecule has 0 amide bonds. The zero-order valence-corrected chi connectivity index (χ0v) is 21.0. The Bertz CT molecular complexity index is 882. The molecule has 0 unspecified atom stereocenters. The number of hydrogen-bond donors (Lipinski definition) is 0. The Morgan fingerprint density at radius 2 is 1.44 bits per heavy atom. The van der Waals surface area contributed by atoms with Crippen molar-refractivity contribution >= 4 is 5.97 Å². The highest BCUT2D eigenvalue weighted by atomic mass is 16.5. The van der Waals surface area contributed by atoms with Crippen molar-refractivity contribution in [3.8, 4) is 23.6 Å². The van der Waals surface area contributed by atoms with Crippen LogP contribution in [-0.2, 0) is 4.79 Å². The van der Waals surface area contributed by atoms with Crippen LogP contribution >= 0.6 is 0 Å². The summed E-state index contributed by atoms with van der Waals surface area (Å²) in [6, 6.07) is 7.34. The lowest BCUT2D eigenvalue weighted by Crippen LogP contribution is -2.30. The Hall–Kier alpha value is -2.53. The molecule has 0 atom stereocenters. The second kappa shape index (κ2) is 13.4. The van der Waals surface area contributed by atoms with E-state index in [1.807, 2.05) is 6.07 Å². The molecule has 2 aliphatic carbocycles. The molecule has 1 aromatic carbocycles. The van der Waals surface area contributed by atoms with Crippen molar-refractivity contribution in [1.82, 2.24) is 0 Å². The molecule has 0 aliphatic heterocycles. The Kier molecular flexibility index (Phi) is 10.3. The normalized spacial score (nSPS) is 24.6. The van der Waals surface area contributed by atoms with E-state index < -0.39 is 0 Å². The number of carbonyl (C=O) groups excluding carboxylic acids is 1. The topological polar surface area (TPSA) is 83.1 Å². The first-order chi connectivity index (χ1) is 16.6. The lowest BCUT2D eigenvalue weighted by Gasteiger charge is -2.37. The van der Waals surface area contributed by atoms with E-state index in [4.69, 9.17) is 9.47 Å². The second-order valence-electron chi connectivity index (χ2n) is 10.2. The first-order valence-electron chi connectivity index (χ1n) is 13.4. The standard InChI is InChI=1S/C29H40N2O3/c1-3-5-6-18-33-27-16-17-28(26(20-31)25(27)19-30)34-29(32)24-14-12-23(13-15-24)22-10-8-21(7-4-2)9-11-22/h16-17,21-24H,3-15,18H2,1-2H3.